The zero-order valence-electron chi connectivity index (χ0n) is 15.8. The molecule has 0 atom stereocenters. The number of benzene rings is 2. The number of hydrogen-bond donors (Lipinski definition) is 2. The van der Waals surface area contributed by atoms with Crippen LogP contribution in [0, 0.1) is 0 Å². The van der Waals surface area contributed by atoms with Crippen molar-refractivity contribution < 1.29 is 22.4 Å². The lowest BCUT2D eigenvalue weighted by Crippen LogP contribution is -2.04. The number of hydrogen-bond acceptors (Lipinski definition) is 9. The van der Waals surface area contributed by atoms with Gasteiger partial charge in [0, 0.05) is 23.9 Å². The molecule has 3 N–H and O–H groups in total. The van der Waals surface area contributed by atoms with E-state index in [9.17, 15) is 13.0 Å². The summed E-state index contributed by atoms with van der Waals surface area (Å²) in [6, 6.07) is 10.8. The molecular formula is C18H18N6O5S. The third-order valence-corrected chi connectivity index (χ3v) is 4.82. The van der Waals surface area contributed by atoms with Crippen molar-refractivity contribution in [1.82, 2.24) is 4.98 Å². The number of rotatable bonds is 8. The number of nitrogens with zero attached hydrogens (tertiary/aromatic N) is 5. The number of aromatic nitrogens is 1. The molecule has 30 heavy (non-hydrogen) atoms. The average Bonchev–Trinajstić information content (AvgIpc) is 2.73. The summed E-state index contributed by atoms with van der Waals surface area (Å²) in [5.41, 5.74) is 0.638. The van der Waals surface area contributed by atoms with E-state index in [2.05, 4.69) is 25.5 Å². The van der Waals surface area contributed by atoms with Gasteiger partial charge in [-0.15, -0.1) is 15.3 Å². The highest BCUT2D eigenvalue weighted by molar-refractivity contribution is 7.86. The molecule has 0 aliphatic rings. The summed E-state index contributed by atoms with van der Waals surface area (Å²) in [6.07, 6.45) is 1.43. The van der Waals surface area contributed by atoms with Gasteiger partial charge in [-0.2, -0.15) is 8.42 Å². The second-order valence-corrected chi connectivity index (χ2v) is 7.26. The summed E-state index contributed by atoms with van der Waals surface area (Å²) in [4.78, 5) is 3.77. The molecule has 0 unspecified atom stereocenters. The van der Waals surface area contributed by atoms with Crippen molar-refractivity contribution >= 4 is 38.0 Å². The van der Waals surface area contributed by atoms with Crippen molar-refractivity contribution in [2.24, 2.45) is 26.4 Å². The first-order chi connectivity index (χ1) is 14.4. The summed E-state index contributed by atoms with van der Waals surface area (Å²) >= 11 is 0. The average molecular weight is 430 g/mol. The van der Waals surface area contributed by atoms with E-state index in [1.807, 2.05) is 0 Å². The van der Waals surface area contributed by atoms with E-state index >= 15 is 0 Å². The SMILES string of the molecule is COCCOc1ccc(/N=N/c2cc(S(=O)(=O)O)c3ccccc3c2N=NN)cn1. The van der Waals surface area contributed by atoms with Gasteiger partial charge in [-0.25, -0.2) is 4.98 Å². The Morgan fingerprint density at radius 2 is 1.83 bits per heavy atom. The van der Waals surface area contributed by atoms with Crippen LogP contribution >= 0.6 is 0 Å². The first kappa shape index (κ1) is 21.2. The van der Waals surface area contributed by atoms with E-state index in [0.717, 1.165) is 6.07 Å². The summed E-state index contributed by atoms with van der Waals surface area (Å²) in [5.74, 6) is 5.60. The largest absolute Gasteiger partial charge is 0.475 e. The minimum absolute atomic E-state index is 0.0518. The summed E-state index contributed by atoms with van der Waals surface area (Å²) in [5, 5.41) is 15.9. The molecule has 0 bridgehead atoms. The number of fused-ring (bicyclic) bond motifs is 1. The van der Waals surface area contributed by atoms with E-state index in [1.54, 1.807) is 37.4 Å². The van der Waals surface area contributed by atoms with Crippen LogP contribution < -0.4 is 10.6 Å². The van der Waals surface area contributed by atoms with Crippen molar-refractivity contribution in [2.45, 2.75) is 4.90 Å². The molecule has 3 rings (SSSR count). The number of pyridine rings is 1. The Balaban J connectivity index is 2.01. The van der Waals surface area contributed by atoms with Gasteiger partial charge < -0.3 is 15.3 Å². The van der Waals surface area contributed by atoms with Crippen molar-refractivity contribution in [3.63, 3.8) is 0 Å². The highest BCUT2D eigenvalue weighted by Gasteiger charge is 2.19. The van der Waals surface area contributed by atoms with E-state index in [1.165, 1.54) is 12.3 Å². The smallest absolute Gasteiger partial charge is 0.295 e. The van der Waals surface area contributed by atoms with Crippen LogP contribution in [-0.4, -0.2) is 38.3 Å². The van der Waals surface area contributed by atoms with E-state index in [0.29, 0.717) is 30.2 Å². The van der Waals surface area contributed by atoms with Gasteiger partial charge in [0.2, 0.25) is 5.88 Å². The maximum Gasteiger partial charge on any atom is 0.295 e. The van der Waals surface area contributed by atoms with Crippen LogP contribution in [0.4, 0.5) is 17.1 Å². The summed E-state index contributed by atoms with van der Waals surface area (Å²) < 4.78 is 43.6. The van der Waals surface area contributed by atoms with Crippen molar-refractivity contribution in [1.29, 1.82) is 0 Å². The Morgan fingerprint density at radius 1 is 1.07 bits per heavy atom. The van der Waals surface area contributed by atoms with Crippen LogP contribution in [-0.2, 0) is 14.9 Å². The number of methoxy groups -OCH3 is 1. The lowest BCUT2D eigenvalue weighted by Gasteiger charge is -2.08. The zero-order valence-corrected chi connectivity index (χ0v) is 16.7. The third kappa shape index (κ3) is 4.92. The molecule has 1 heterocycles. The molecule has 3 aromatic rings. The van der Waals surface area contributed by atoms with Crippen LogP contribution in [0.2, 0.25) is 0 Å². The Hall–Kier alpha value is -3.48. The lowest BCUT2D eigenvalue weighted by molar-refractivity contribution is 0.144. The van der Waals surface area contributed by atoms with Gasteiger partial charge in [-0.1, -0.05) is 29.5 Å². The van der Waals surface area contributed by atoms with Crippen LogP contribution in [0.1, 0.15) is 0 Å². The maximum atomic E-state index is 11.9. The Labute approximate surface area is 172 Å². The second-order valence-electron chi connectivity index (χ2n) is 5.87. The fourth-order valence-corrected chi connectivity index (χ4v) is 3.34. The minimum atomic E-state index is -4.53. The summed E-state index contributed by atoms with van der Waals surface area (Å²) in [7, 11) is -2.96. The molecule has 0 saturated carbocycles. The van der Waals surface area contributed by atoms with Gasteiger partial charge in [0.25, 0.3) is 10.1 Å². The minimum Gasteiger partial charge on any atom is -0.475 e. The summed E-state index contributed by atoms with van der Waals surface area (Å²) in [6.45, 7) is 0.785. The number of nitrogens with two attached hydrogens (primary N) is 1. The molecular weight excluding hydrogens is 412 g/mol. The van der Waals surface area contributed by atoms with Crippen molar-refractivity contribution in [3.8, 4) is 5.88 Å². The normalized spacial score (nSPS) is 12.2. The molecule has 2 aromatic carbocycles. The van der Waals surface area contributed by atoms with Gasteiger partial charge in [0.15, 0.2) is 0 Å². The predicted octanol–water partition coefficient (Wildman–Crippen LogP) is 3.88. The van der Waals surface area contributed by atoms with Gasteiger partial charge in [0.05, 0.1) is 12.8 Å². The van der Waals surface area contributed by atoms with Gasteiger partial charge in [-0.3, -0.25) is 4.55 Å². The van der Waals surface area contributed by atoms with Crippen LogP contribution in [0.3, 0.4) is 0 Å². The molecule has 0 aliphatic heterocycles. The first-order valence-electron chi connectivity index (χ1n) is 8.57. The highest BCUT2D eigenvalue weighted by Crippen LogP contribution is 2.40. The molecule has 0 amide bonds. The van der Waals surface area contributed by atoms with Gasteiger partial charge >= 0.3 is 0 Å². The Bertz CT molecular complexity index is 1200. The second kappa shape index (κ2) is 9.35. The first-order valence-corrected chi connectivity index (χ1v) is 10.0. The molecule has 0 fully saturated rings. The molecule has 0 radical (unpaired) electrons. The molecule has 11 nitrogen and oxygen atoms in total. The molecule has 0 aliphatic carbocycles. The van der Waals surface area contributed by atoms with Crippen molar-refractivity contribution in [2.75, 3.05) is 20.3 Å². The van der Waals surface area contributed by atoms with E-state index < -0.39 is 10.1 Å². The van der Waals surface area contributed by atoms with Crippen LogP contribution in [0.15, 0.2) is 74.1 Å². The monoisotopic (exact) mass is 430 g/mol. The highest BCUT2D eigenvalue weighted by atomic mass is 32.2. The number of azo groups is 1. The lowest BCUT2D eigenvalue weighted by atomic mass is 10.1. The van der Waals surface area contributed by atoms with E-state index in [-0.39, 0.29) is 21.7 Å². The molecule has 0 saturated heterocycles. The predicted molar refractivity (Wildman–Crippen MR) is 108 cm³/mol. The fraction of sp³-hybridized carbons (Fsp3) is 0.167. The van der Waals surface area contributed by atoms with E-state index in [4.69, 9.17) is 15.3 Å². The van der Waals surface area contributed by atoms with Crippen LogP contribution in [0.25, 0.3) is 10.8 Å². The molecule has 0 spiro atoms. The van der Waals surface area contributed by atoms with Gasteiger partial charge in [-0.05, 0) is 12.1 Å². The van der Waals surface area contributed by atoms with Gasteiger partial charge in [0.1, 0.15) is 28.6 Å². The topological polar surface area (TPSA) is 161 Å². The quantitative estimate of drug-likeness (QED) is 0.180. The number of ether oxygens (including phenoxy) is 2. The fourth-order valence-electron chi connectivity index (χ4n) is 2.62. The zero-order chi connectivity index (χ0) is 21.6. The molecule has 156 valence electrons. The molecule has 12 heteroatoms. The standard InChI is InChI=1S/C18H18N6O5S/c1-28-8-9-29-17-7-6-12(11-20-17)21-22-15-10-16(30(25,26)27)13-4-2-3-5-14(13)18(15)23-24-19/h2-7,10-11H,8-9H2,1H3,(H2,19,23)(H,25,26,27)/b22-21+. The Kier molecular flexibility index (Phi) is 6.61. The molecule has 1 aromatic heterocycles. The Morgan fingerprint density at radius 3 is 2.47 bits per heavy atom. The van der Waals surface area contributed by atoms with Crippen LogP contribution in [0.5, 0.6) is 5.88 Å². The maximum absolute atomic E-state index is 11.9. The van der Waals surface area contributed by atoms with Crippen molar-refractivity contribution in [3.05, 3.63) is 48.7 Å². The third-order valence-electron chi connectivity index (χ3n) is 3.93.